The summed E-state index contributed by atoms with van der Waals surface area (Å²) >= 11 is 0. The maximum Gasteiger partial charge on any atom is 0.408 e. The fourth-order valence-electron chi connectivity index (χ4n) is 5.26. The number of benzene rings is 3. The summed E-state index contributed by atoms with van der Waals surface area (Å²) in [6, 6.07) is 20.3. The molecule has 5 rings (SSSR count). The van der Waals surface area contributed by atoms with E-state index in [1.165, 1.54) is 36.9 Å². The Morgan fingerprint density at radius 1 is 1.00 bits per heavy atom. The van der Waals surface area contributed by atoms with E-state index >= 15 is 0 Å². The highest BCUT2D eigenvalue weighted by atomic mass is 32.2. The molecule has 0 spiro atoms. The first-order chi connectivity index (χ1) is 23.2. The number of anilines is 2. The van der Waals surface area contributed by atoms with Crippen molar-refractivity contribution in [1.82, 2.24) is 15.5 Å². The quantitative estimate of drug-likeness (QED) is 0.250. The van der Waals surface area contributed by atoms with Crippen molar-refractivity contribution in [3.8, 4) is 11.5 Å². The second-order valence-corrected chi connectivity index (χ2v) is 18.4. The highest BCUT2D eigenvalue weighted by molar-refractivity contribution is 7.92. The van der Waals surface area contributed by atoms with E-state index in [0.29, 0.717) is 12.1 Å². The van der Waals surface area contributed by atoms with Crippen molar-refractivity contribution in [2.45, 2.75) is 69.0 Å². The first-order valence-electron chi connectivity index (χ1n) is 15.8. The molecule has 2 heterocycles. The number of nitrogens with one attached hydrogen (secondary N) is 1. The van der Waals surface area contributed by atoms with Gasteiger partial charge >= 0.3 is 6.09 Å². The Bertz CT molecular complexity index is 2110. The highest BCUT2D eigenvalue weighted by Gasteiger charge is 2.41. The molecule has 0 unspecified atom stereocenters. The van der Waals surface area contributed by atoms with Gasteiger partial charge in [-0.1, -0.05) is 42.5 Å². The summed E-state index contributed by atoms with van der Waals surface area (Å²) in [5, 5.41) is 10.5. The number of nitrogens with zero attached hydrogens (tertiary/aromatic N) is 4. The Morgan fingerprint density at radius 3 is 2.28 bits per heavy atom. The van der Waals surface area contributed by atoms with Gasteiger partial charge in [0.2, 0.25) is 11.8 Å². The zero-order valence-electron chi connectivity index (χ0n) is 29.0. The number of amides is 2. The van der Waals surface area contributed by atoms with Crippen molar-refractivity contribution in [2.75, 3.05) is 28.9 Å². The molecule has 4 aromatic rings. The van der Waals surface area contributed by atoms with Gasteiger partial charge in [-0.3, -0.25) is 4.79 Å². The van der Waals surface area contributed by atoms with E-state index in [1.54, 1.807) is 20.8 Å². The normalized spacial score (nSPS) is 16.3. The van der Waals surface area contributed by atoms with E-state index < -0.39 is 53.8 Å². The highest BCUT2D eigenvalue weighted by Crippen LogP contribution is 2.37. The fourth-order valence-corrected chi connectivity index (χ4v) is 7.26. The molecule has 0 aliphatic carbocycles. The van der Waals surface area contributed by atoms with Gasteiger partial charge in [0.1, 0.15) is 16.4 Å². The first kappa shape index (κ1) is 36.5. The number of rotatable bonds is 9. The summed E-state index contributed by atoms with van der Waals surface area (Å²) in [4.78, 5) is 30.3. The molecule has 0 radical (unpaired) electrons. The molecule has 1 N–H and O–H groups in total. The number of fused-ring (bicyclic) bond motifs is 1. The number of carbonyl (C=O) groups excluding carboxylic acids is 2. The summed E-state index contributed by atoms with van der Waals surface area (Å²) in [6.45, 7) is 8.47. The molecule has 2 amide bonds. The van der Waals surface area contributed by atoms with Crippen LogP contribution in [0.5, 0.6) is 0 Å². The molecule has 0 bridgehead atoms. The number of alkyl carbamates (subject to hydrolysis) is 1. The van der Waals surface area contributed by atoms with Crippen LogP contribution in [-0.2, 0) is 47.0 Å². The molecule has 266 valence electrons. The van der Waals surface area contributed by atoms with Crippen LogP contribution in [0.1, 0.15) is 51.6 Å². The Labute approximate surface area is 292 Å². The molecular formula is C35H41N5O8S2. The van der Waals surface area contributed by atoms with Crippen LogP contribution in [0.4, 0.5) is 16.2 Å². The van der Waals surface area contributed by atoms with E-state index in [4.69, 9.17) is 9.15 Å². The minimum atomic E-state index is -4.14. The lowest BCUT2D eigenvalue weighted by atomic mass is 10.1. The molecule has 0 saturated heterocycles. The third-order valence-electron chi connectivity index (χ3n) is 8.32. The minimum absolute atomic E-state index is 0.0355. The zero-order valence-corrected chi connectivity index (χ0v) is 30.6. The summed E-state index contributed by atoms with van der Waals surface area (Å²) in [6.07, 6.45) is 0.124. The Hall–Kier alpha value is -4.76. The third kappa shape index (κ3) is 7.99. The van der Waals surface area contributed by atoms with Crippen LogP contribution in [-0.4, -0.2) is 69.7 Å². The number of hydrogen-bond acceptors (Lipinski definition) is 11. The summed E-state index contributed by atoms with van der Waals surface area (Å²) in [5.74, 6) is -1.60. The molecule has 1 aliphatic heterocycles. The molecule has 0 saturated carbocycles. The largest absolute Gasteiger partial charge is 0.444 e. The summed E-state index contributed by atoms with van der Waals surface area (Å²) in [7, 11) is -5.81. The summed E-state index contributed by atoms with van der Waals surface area (Å²) < 4.78 is 62.0. The fraction of sp³-hybridized carbons (Fsp3) is 0.371. The Kier molecular flexibility index (Phi) is 9.87. The van der Waals surface area contributed by atoms with Gasteiger partial charge in [0.15, 0.2) is 19.7 Å². The number of hydrogen-bond donors (Lipinski definition) is 1. The van der Waals surface area contributed by atoms with E-state index in [2.05, 4.69) is 20.4 Å². The Balaban J connectivity index is 1.53. The van der Waals surface area contributed by atoms with Crippen molar-refractivity contribution >= 4 is 43.0 Å². The van der Waals surface area contributed by atoms with Crippen molar-refractivity contribution < 1.29 is 35.6 Å². The van der Waals surface area contributed by atoms with Crippen LogP contribution in [0, 0.1) is 0 Å². The SMILES string of the molecule is CN(Cc1ccccc1)c1ccc(CN2C(=O)[C@@H](NC(=O)OC(C)(C)C)CS(=O)(=O)c3ccc(-c4nnc(C(C)(C)S(C)(=O)=O)o4)cc32)cc1. The standard InChI is InChI=1S/C35H41N5O8S2/c1-34(2,3)48-33(42)36-27-22-50(45,46)29-18-15-25(30-37-38-32(47-30)35(4,5)49(7,43)44)19-28(29)40(31(27)41)21-24-13-16-26(17-14-24)39(6)20-23-11-9-8-10-12-23/h8-19,27H,20-22H2,1-7H3,(H,36,42)/t27-/m0/s1. The monoisotopic (exact) mass is 723 g/mol. The number of sulfone groups is 2. The van der Waals surface area contributed by atoms with E-state index in [1.807, 2.05) is 61.6 Å². The van der Waals surface area contributed by atoms with E-state index in [-0.39, 0.29) is 34.5 Å². The second kappa shape index (κ2) is 13.5. The van der Waals surface area contributed by atoms with Gasteiger partial charge in [-0.05, 0) is 76.1 Å². The van der Waals surface area contributed by atoms with Crippen LogP contribution in [0.2, 0.25) is 0 Å². The third-order valence-corrected chi connectivity index (χ3v) is 12.1. The van der Waals surface area contributed by atoms with Crippen LogP contribution >= 0.6 is 0 Å². The lowest BCUT2D eigenvalue weighted by Gasteiger charge is -2.27. The van der Waals surface area contributed by atoms with Gasteiger partial charge < -0.3 is 24.3 Å². The maximum atomic E-state index is 14.2. The van der Waals surface area contributed by atoms with Crippen LogP contribution in [0.3, 0.4) is 0 Å². The molecule has 15 heteroatoms. The summed E-state index contributed by atoms with van der Waals surface area (Å²) in [5.41, 5.74) is 2.16. The molecular weight excluding hydrogens is 683 g/mol. The smallest absolute Gasteiger partial charge is 0.408 e. The molecule has 1 atom stereocenters. The first-order valence-corrected chi connectivity index (χ1v) is 19.4. The second-order valence-electron chi connectivity index (χ2n) is 13.8. The van der Waals surface area contributed by atoms with Crippen molar-refractivity contribution in [1.29, 1.82) is 0 Å². The van der Waals surface area contributed by atoms with Gasteiger partial charge in [0.25, 0.3) is 5.91 Å². The number of ether oxygens (including phenoxy) is 1. The van der Waals surface area contributed by atoms with Gasteiger partial charge in [-0.25, -0.2) is 21.6 Å². The average Bonchev–Trinajstić information content (AvgIpc) is 3.51. The lowest BCUT2D eigenvalue weighted by molar-refractivity contribution is -0.120. The van der Waals surface area contributed by atoms with Gasteiger partial charge in [-0.2, -0.15) is 0 Å². The van der Waals surface area contributed by atoms with Crippen LogP contribution in [0.15, 0.2) is 82.1 Å². The van der Waals surface area contributed by atoms with E-state index in [0.717, 1.165) is 17.5 Å². The topological polar surface area (TPSA) is 169 Å². The van der Waals surface area contributed by atoms with Gasteiger partial charge in [0, 0.05) is 31.1 Å². The molecule has 13 nitrogen and oxygen atoms in total. The van der Waals surface area contributed by atoms with Crippen molar-refractivity contribution in [3.63, 3.8) is 0 Å². The molecule has 3 aromatic carbocycles. The van der Waals surface area contributed by atoms with Gasteiger partial charge in [-0.15, -0.1) is 10.2 Å². The Morgan fingerprint density at radius 2 is 1.66 bits per heavy atom. The van der Waals surface area contributed by atoms with Crippen LogP contribution in [0.25, 0.3) is 11.5 Å². The molecule has 1 aromatic heterocycles. The average molecular weight is 724 g/mol. The number of aromatic nitrogens is 2. The molecule has 1 aliphatic rings. The van der Waals surface area contributed by atoms with Crippen molar-refractivity contribution in [3.05, 3.63) is 89.8 Å². The molecule has 50 heavy (non-hydrogen) atoms. The number of carbonyl (C=O) groups is 2. The van der Waals surface area contributed by atoms with Crippen molar-refractivity contribution in [2.24, 2.45) is 0 Å². The van der Waals surface area contributed by atoms with Gasteiger partial charge in [0.05, 0.1) is 22.9 Å². The van der Waals surface area contributed by atoms with E-state index in [9.17, 15) is 26.4 Å². The van der Waals surface area contributed by atoms with Crippen LogP contribution < -0.4 is 15.1 Å². The zero-order chi connectivity index (χ0) is 36.6. The lowest BCUT2D eigenvalue weighted by Crippen LogP contribution is -2.51. The predicted octanol–water partition coefficient (Wildman–Crippen LogP) is 4.87. The predicted molar refractivity (Wildman–Crippen MR) is 189 cm³/mol. The maximum absolute atomic E-state index is 14.2. The molecule has 0 fully saturated rings. The minimum Gasteiger partial charge on any atom is -0.444 e.